The predicted molar refractivity (Wildman–Crippen MR) is 71.3 cm³/mol. The summed E-state index contributed by atoms with van der Waals surface area (Å²) in [5.41, 5.74) is 0.175. The van der Waals surface area contributed by atoms with Crippen LogP contribution in [-0.2, 0) is 13.5 Å². The molecule has 0 radical (unpaired) electrons. The monoisotopic (exact) mass is 253 g/mol. The molecule has 2 heterocycles. The fourth-order valence-corrected chi connectivity index (χ4v) is 3.00. The number of hydrogen-bond donors (Lipinski definition) is 1. The highest BCUT2D eigenvalue weighted by Gasteiger charge is 2.23. The molecule has 2 rings (SSSR count). The van der Waals surface area contributed by atoms with Crippen LogP contribution in [0.2, 0.25) is 0 Å². The van der Waals surface area contributed by atoms with E-state index in [-0.39, 0.29) is 5.54 Å². The summed E-state index contributed by atoms with van der Waals surface area (Å²) >= 11 is 1.80. The number of nitrogens with one attached hydrogen (secondary N) is 1. The summed E-state index contributed by atoms with van der Waals surface area (Å²) in [6.45, 7) is 5.19. The van der Waals surface area contributed by atoms with Crippen LogP contribution in [0.25, 0.3) is 0 Å². The number of nitrogens with zero attached hydrogens (tertiary/aromatic N) is 4. The molecule has 0 saturated carbocycles. The average molecular weight is 253 g/mol. The van der Waals surface area contributed by atoms with Gasteiger partial charge in [0.2, 0.25) is 0 Å². The normalized spacial score (nSPS) is 21.5. The van der Waals surface area contributed by atoms with Crippen LogP contribution in [0, 0.1) is 0 Å². The van der Waals surface area contributed by atoms with Crippen molar-refractivity contribution < 1.29 is 0 Å². The van der Waals surface area contributed by atoms with Gasteiger partial charge in [-0.05, 0) is 20.3 Å². The largest absolute Gasteiger partial charge is 0.360 e. The Hall–Kier alpha value is -1.04. The Morgan fingerprint density at radius 2 is 2.41 bits per heavy atom. The number of aliphatic imine (C=N–C) groups is 1. The van der Waals surface area contributed by atoms with Crippen molar-refractivity contribution >= 4 is 16.9 Å². The van der Waals surface area contributed by atoms with E-state index in [0.29, 0.717) is 0 Å². The molecule has 0 spiro atoms. The Kier molecular flexibility index (Phi) is 3.71. The third-order valence-corrected chi connectivity index (χ3v) is 3.72. The molecule has 1 aliphatic rings. The van der Waals surface area contributed by atoms with Gasteiger partial charge in [-0.1, -0.05) is 11.8 Å². The Bertz CT molecular complexity index is 410. The molecule has 0 bridgehead atoms. The van der Waals surface area contributed by atoms with Gasteiger partial charge in [-0.25, -0.2) is 0 Å². The molecule has 0 unspecified atom stereocenters. The molecule has 94 valence electrons. The van der Waals surface area contributed by atoms with Crippen molar-refractivity contribution in [3.8, 4) is 0 Å². The quantitative estimate of drug-likeness (QED) is 0.880. The smallest absolute Gasteiger partial charge is 0.156 e. The van der Waals surface area contributed by atoms with Crippen LogP contribution in [0.4, 0.5) is 0 Å². The molecule has 1 saturated heterocycles. The summed E-state index contributed by atoms with van der Waals surface area (Å²) in [6, 6.07) is 0. The van der Waals surface area contributed by atoms with Gasteiger partial charge >= 0.3 is 0 Å². The molecule has 17 heavy (non-hydrogen) atoms. The Labute approximate surface area is 106 Å². The van der Waals surface area contributed by atoms with Crippen molar-refractivity contribution in [3.63, 3.8) is 0 Å². The summed E-state index contributed by atoms with van der Waals surface area (Å²) < 4.78 is 1.94. The minimum absolute atomic E-state index is 0.175. The van der Waals surface area contributed by atoms with Crippen LogP contribution in [-0.4, -0.2) is 37.8 Å². The Morgan fingerprint density at radius 1 is 1.59 bits per heavy atom. The number of hydrogen-bond acceptors (Lipinski definition) is 4. The van der Waals surface area contributed by atoms with E-state index in [1.165, 1.54) is 6.42 Å². The van der Waals surface area contributed by atoms with Crippen LogP contribution in [0.3, 0.4) is 0 Å². The topological polar surface area (TPSA) is 55.1 Å². The van der Waals surface area contributed by atoms with Gasteiger partial charge in [-0.3, -0.25) is 4.99 Å². The van der Waals surface area contributed by atoms with E-state index in [0.717, 1.165) is 29.7 Å². The highest BCUT2D eigenvalue weighted by molar-refractivity contribution is 8.13. The van der Waals surface area contributed by atoms with E-state index in [1.54, 1.807) is 18.1 Å². The van der Waals surface area contributed by atoms with Crippen molar-refractivity contribution in [2.75, 3.05) is 12.3 Å². The minimum atomic E-state index is 0.175. The highest BCUT2D eigenvalue weighted by Crippen LogP contribution is 2.21. The maximum absolute atomic E-state index is 4.58. The van der Waals surface area contributed by atoms with Gasteiger partial charge in [-0.2, -0.15) is 0 Å². The Morgan fingerprint density at radius 3 is 3.06 bits per heavy atom. The van der Waals surface area contributed by atoms with Gasteiger partial charge in [0, 0.05) is 31.3 Å². The summed E-state index contributed by atoms with van der Waals surface area (Å²) in [6.07, 6.45) is 3.74. The Balaban J connectivity index is 1.86. The molecule has 1 fully saturated rings. The first-order valence-electron chi connectivity index (χ1n) is 5.85. The third kappa shape index (κ3) is 3.46. The molecule has 6 heteroatoms. The number of thioether (sulfide) groups is 1. The second-order valence-corrected chi connectivity index (χ2v) is 5.99. The lowest BCUT2D eigenvalue weighted by molar-refractivity contribution is 0.446. The molecule has 1 aromatic rings. The van der Waals surface area contributed by atoms with Crippen LogP contribution < -0.4 is 5.32 Å². The first-order valence-corrected chi connectivity index (χ1v) is 6.84. The molecule has 1 N–H and O–H groups in total. The zero-order chi connectivity index (χ0) is 12.3. The maximum Gasteiger partial charge on any atom is 0.156 e. The lowest BCUT2D eigenvalue weighted by atomic mass is 10.0. The van der Waals surface area contributed by atoms with Crippen molar-refractivity contribution in [1.29, 1.82) is 0 Å². The molecule has 0 aromatic carbocycles. The number of amidine groups is 1. The summed E-state index contributed by atoms with van der Waals surface area (Å²) in [4.78, 5) is 4.58. The van der Waals surface area contributed by atoms with Crippen molar-refractivity contribution in [3.05, 3.63) is 12.2 Å². The van der Waals surface area contributed by atoms with Gasteiger partial charge in [0.05, 0.1) is 0 Å². The van der Waals surface area contributed by atoms with E-state index < -0.39 is 0 Å². The van der Waals surface area contributed by atoms with Gasteiger partial charge in [0.1, 0.15) is 12.2 Å². The van der Waals surface area contributed by atoms with E-state index in [9.17, 15) is 0 Å². The molecular formula is C11H19N5S. The van der Waals surface area contributed by atoms with E-state index in [4.69, 9.17) is 0 Å². The van der Waals surface area contributed by atoms with Crippen LogP contribution in [0.5, 0.6) is 0 Å². The molecule has 1 aromatic heterocycles. The second kappa shape index (κ2) is 5.08. The molecule has 5 nitrogen and oxygen atoms in total. The number of aryl methyl sites for hydroxylation is 1. The van der Waals surface area contributed by atoms with E-state index in [1.807, 2.05) is 11.6 Å². The summed E-state index contributed by atoms with van der Waals surface area (Å²) in [5.74, 6) is 2.12. The van der Waals surface area contributed by atoms with E-state index in [2.05, 4.69) is 34.4 Å². The van der Waals surface area contributed by atoms with Gasteiger partial charge in [0.25, 0.3) is 0 Å². The molecule has 0 atom stereocenters. The van der Waals surface area contributed by atoms with Crippen molar-refractivity contribution in [2.24, 2.45) is 12.0 Å². The fraction of sp³-hybridized carbons (Fsp3) is 0.727. The summed E-state index contributed by atoms with van der Waals surface area (Å²) in [5, 5.41) is 12.4. The highest BCUT2D eigenvalue weighted by atomic mass is 32.2. The van der Waals surface area contributed by atoms with Gasteiger partial charge < -0.3 is 9.88 Å². The number of aromatic nitrogens is 3. The van der Waals surface area contributed by atoms with Crippen molar-refractivity contribution in [2.45, 2.75) is 32.2 Å². The first-order chi connectivity index (χ1) is 8.07. The van der Waals surface area contributed by atoms with Crippen LogP contribution >= 0.6 is 11.8 Å². The van der Waals surface area contributed by atoms with Crippen LogP contribution in [0.1, 0.15) is 26.1 Å². The zero-order valence-electron chi connectivity index (χ0n) is 10.6. The third-order valence-electron chi connectivity index (χ3n) is 2.81. The van der Waals surface area contributed by atoms with Crippen molar-refractivity contribution in [1.82, 2.24) is 20.1 Å². The first kappa shape index (κ1) is 12.4. The molecular weight excluding hydrogens is 234 g/mol. The lowest BCUT2D eigenvalue weighted by Gasteiger charge is -2.32. The molecule has 0 amide bonds. The second-order valence-electron chi connectivity index (χ2n) is 4.90. The minimum Gasteiger partial charge on any atom is -0.360 e. The van der Waals surface area contributed by atoms with Gasteiger partial charge in [-0.15, -0.1) is 10.2 Å². The molecule has 0 aliphatic carbocycles. The van der Waals surface area contributed by atoms with Crippen LogP contribution in [0.15, 0.2) is 11.3 Å². The standard InChI is InChI=1S/C11H19N5S/c1-11(2)5-7-17-10(14-11)12-6-4-9-15-13-8-16(9)3/h8H,4-7H2,1-3H3,(H,12,14). The maximum atomic E-state index is 4.58. The van der Waals surface area contributed by atoms with Gasteiger partial charge in [0.15, 0.2) is 5.17 Å². The van der Waals surface area contributed by atoms with E-state index >= 15 is 0 Å². The average Bonchev–Trinajstić information content (AvgIpc) is 2.63. The lowest BCUT2D eigenvalue weighted by Crippen LogP contribution is -2.46. The summed E-state index contributed by atoms with van der Waals surface area (Å²) in [7, 11) is 1.96. The molecule has 1 aliphatic heterocycles. The predicted octanol–water partition coefficient (Wildman–Crippen LogP) is 1.22. The SMILES string of the molecule is Cn1cnnc1CCN=C1NC(C)(C)CCS1. The zero-order valence-corrected chi connectivity index (χ0v) is 11.4. The number of rotatable bonds is 3. The fourth-order valence-electron chi connectivity index (χ4n) is 1.67.